The molecule has 0 spiro atoms. The molecule has 1 aromatic carbocycles. The molecular formula is C17H20N2O3S. The van der Waals surface area contributed by atoms with Crippen molar-refractivity contribution < 1.29 is 9.53 Å². The first-order valence-corrected chi connectivity index (χ1v) is 8.36. The number of thioether (sulfide) groups is 1. The largest absolute Gasteiger partial charge is 0.497 e. The number of ether oxygens (including phenoxy) is 1. The molecule has 0 radical (unpaired) electrons. The van der Waals surface area contributed by atoms with Crippen LogP contribution in [0.15, 0.2) is 40.3 Å². The first kappa shape index (κ1) is 17.3. The van der Waals surface area contributed by atoms with Crippen molar-refractivity contribution in [3.05, 3.63) is 51.9 Å². The molecular weight excluding hydrogens is 312 g/mol. The minimum Gasteiger partial charge on any atom is -0.497 e. The molecule has 0 aliphatic heterocycles. The van der Waals surface area contributed by atoms with Crippen LogP contribution in [0.1, 0.15) is 36.3 Å². The number of aryl methyl sites for hydroxylation is 1. The number of rotatable bonds is 7. The highest BCUT2D eigenvalue weighted by Gasteiger charge is 2.18. The summed E-state index contributed by atoms with van der Waals surface area (Å²) in [5.74, 6) is 0.696. The third-order valence-corrected chi connectivity index (χ3v) is 4.30. The first-order valence-electron chi connectivity index (χ1n) is 7.48. The summed E-state index contributed by atoms with van der Waals surface area (Å²) in [6.45, 7) is 3.84. The minimum absolute atomic E-state index is 0.0128. The topological polar surface area (TPSA) is 72.0 Å². The Labute approximate surface area is 139 Å². The fraction of sp³-hybridized carbons (Fsp3) is 0.353. The van der Waals surface area contributed by atoms with Crippen LogP contribution in [0.5, 0.6) is 5.75 Å². The lowest BCUT2D eigenvalue weighted by molar-refractivity contribution is 0.0994. The van der Waals surface area contributed by atoms with Gasteiger partial charge in [-0.15, -0.1) is 0 Å². The van der Waals surface area contributed by atoms with Gasteiger partial charge in [0.25, 0.3) is 5.56 Å². The van der Waals surface area contributed by atoms with Gasteiger partial charge in [-0.05, 0) is 37.6 Å². The van der Waals surface area contributed by atoms with Gasteiger partial charge in [-0.3, -0.25) is 9.59 Å². The summed E-state index contributed by atoms with van der Waals surface area (Å²) in [7, 11) is 1.58. The van der Waals surface area contributed by atoms with E-state index in [1.807, 2.05) is 13.8 Å². The number of carbonyl (C=O) groups is 1. The van der Waals surface area contributed by atoms with Gasteiger partial charge in [-0.2, -0.15) is 0 Å². The maximum absolute atomic E-state index is 12.5. The summed E-state index contributed by atoms with van der Waals surface area (Å²) in [6.07, 6.45) is 1.67. The first-order chi connectivity index (χ1) is 11.0. The van der Waals surface area contributed by atoms with E-state index in [9.17, 15) is 9.59 Å². The normalized spacial score (nSPS) is 12.0. The fourth-order valence-corrected chi connectivity index (χ4v) is 3.04. The average Bonchev–Trinajstić information content (AvgIpc) is 2.54. The molecule has 0 saturated carbocycles. The van der Waals surface area contributed by atoms with Gasteiger partial charge >= 0.3 is 0 Å². The maximum Gasteiger partial charge on any atom is 0.251 e. The molecule has 0 unspecified atom stereocenters. The van der Waals surface area contributed by atoms with E-state index in [2.05, 4.69) is 9.97 Å². The molecule has 0 aliphatic rings. The molecule has 0 saturated heterocycles. The molecule has 1 atom stereocenters. The quantitative estimate of drug-likeness (QED) is 0.479. The van der Waals surface area contributed by atoms with E-state index in [-0.39, 0.29) is 16.6 Å². The Hall–Kier alpha value is -2.08. The van der Waals surface area contributed by atoms with Crippen molar-refractivity contribution in [2.45, 2.75) is 37.1 Å². The third kappa shape index (κ3) is 4.69. The maximum atomic E-state index is 12.5. The lowest BCUT2D eigenvalue weighted by Gasteiger charge is -2.10. The van der Waals surface area contributed by atoms with Crippen molar-refractivity contribution in [1.82, 2.24) is 9.97 Å². The zero-order chi connectivity index (χ0) is 16.8. The lowest BCUT2D eigenvalue weighted by atomic mass is 10.1. The van der Waals surface area contributed by atoms with Crippen LogP contribution >= 0.6 is 11.8 Å². The molecule has 0 aliphatic carbocycles. The second-order valence-corrected chi connectivity index (χ2v) is 6.47. The Balaban J connectivity index is 2.12. The van der Waals surface area contributed by atoms with Crippen LogP contribution in [0.25, 0.3) is 0 Å². The van der Waals surface area contributed by atoms with E-state index in [0.29, 0.717) is 16.5 Å². The number of methoxy groups -OCH3 is 1. The number of Topliss-reactive ketones (excluding diaryl/α,β-unsaturated/α-hetero) is 1. The van der Waals surface area contributed by atoms with Crippen molar-refractivity contribution in [3.8, 4) is 5.75 Å². The van der Waals surface area contributed by atoms with E-state index in [1.165, 1.54) is 17.8 Å². The molecule has 6 heteroatoms. The van der Waals surface area contributed by atoms with Crippen LogP contribution in [0, 0.1) is 0 Å². The van der Waals surface area contributed by atoms with E-state index >= 15 is 0 Å². The van der Waals surface area contributed by atoms with Gasteiger partial charge in [-0.25, -0.2) is 4.98 Å². The molecule has 122 valence electrons. The van der Waals surface area contributed by atoms with Gasteiger partial charge in [-0.1, -0.05) is 25.1 Å². The van der Waals surface area contributed by atoms with Gasteiger partial charge in [0.2, 0.25) is 0 Å². The van der Waals surface area contributed by atoms with Crippen molar-refractivity contribution in [2.75, 3.05) is 7.11 Å². The summed E-state index contributed by atoms with van der Waals surface area (Å²) in [5.41, 5.74) is 1.18. The molecule has 1 heterocycles. The predicted molar refractivity (Wildman–Crippen MR) is 91.5 cm³/mol. The number of ketones is 1. The second-order valence-electron chi connectivity index (χ2n) is 5.14. The molecule has 2 rings (SSSR count). The van der Waals surface area contributed by atoms with Crippen molar-refractivity contribution in [3.63, 3.8) is 0 Å². The summed E-state index contributed by atoms with van der Waals surface area (Å²) >= 11 is 1.26. The highest BCUT2D eigenvalue weighted by molar-refractivity contribution is 8.00. The number of aromatic nitrogens is 2. The molecule has 0 amide bonds. The van der Waals surface area contributed by atoms with Crippen LogP contribution in [0.3, 0.4) is 0 Å². The molecule has 23 heavy (non-hydrogen) atoms. The minimum atomic E-state index is -0.344. The number of carbonyl (C=O) groups excluding carboxylic acids is 1. The average molecular weight is 332 g/mol. The lowest BCUT2D eigenvalue weighted by Crippen LogP contribution is -2.16. The molecule has 2 aromatic rings. The number of benzene rings is 1. The number of H-pyrrole nitrogens is 1. The fourth-order valence-electron chi connectivity index (χ4n) is 2.13. The van der Waals surface area contributed by atoms with E-state index in [4.69, 9.17) is 4.74 Å². The van der Waals surface area contributed by atoms with Gasteiger partial charge in [0, 0.05) is 17.3 Å². The summed E-state index contributed by atoms with van der Waals surface area (Å²) in [5, 5.41) is 0.138. The summed E-state index contributed by atoms with van der Waals surface area (Å²) in [4.78, 5) is 31.2. The summed E-state index contributed by atoms with van der Waals surface area (Å²) in [6, 6.07) is 8.49. The molecule has 5 nitrogen and oxygen atoms in total. The van der Waals surface area contributed by atoms with E-state index in [1.54, 1.807) is 31.4 Å². The van der Waals surface area contributed by atoms with Gasteiger partial charge < -0.3 is 9.72 Å². The van der Waals surface area contributed by atoms with Crippen LogP contribution in [-0.4, -0.2) is 28.1 Å². The van der Waals surface area contributed by atoms with E-state index < -0.39 is 0 Å². The van der Waals surface area contributed by atoms with Gasteiger partial charge in [0.15, 0.2) is 10.9 Å². The number of aromatic amines is 1. The van der Waals surface area contributed by atoms with Crippen LogP contribution in [-0.2, 0) is 6.42 Å². The monoisotopic (exact) mass is 332 g/mol. The highest BCUT2D eigenvalue weighted by Crippen LogP contribution is 2.23. The smallest absolute Gasteiger partial charge is 0.251 e. The zero-order valence-electron chi connectivity index (χ0n) is 13.5. The Bertz CT molecular complexity index is 725. The SMILES string of the molecule is CCCc1cc(=O)[nH]c(S[C@@H](C)C(=O)c2ccc(OC)cc2)n1. The van der Waals surface area contributed by atoms with Gasteiger partial charge in [0.05, 0.1) is 12.4 Å². The van der Waals surface area contributed by atoms with Gasteiger partial charge in [0.1, 0.15) is 5.75 Å². The van der Waals surface area contributed by atoms with Crippen molar-refractivity contribution in [1.29, 1.82) is 0 Å². The summed E-state index contributed by atoms with van der Waals surface area (Å²) < 4.78 is 5.09. The second kappa shape index (κ2) is 7.97. The van der Waals surface area contributed by atoms with E-state index in [0.717, 1.165) is 18.5 Å². The molecule has 1 N–H and O–H groups in total. The van der Waals surface area contributed by atoms with Crippen LogP contribution in [0.2, 0.25) is 0 Å². The van der Waals surface area contributed by atoms with Crippen LogP contribution in [0.4, 0.5) is 0 Å². The molecule has 0 fully saturated rings. The third-order valence-electron chi connectivity index (χ3n) is 3.31. The Kier molecular flexibility index (Phi) is 5.98. The Morgan fingerprint density at radius 2 is 2.04 bits per heavy atom. The standard InChI is InChI=1S/C17H20N2O3S/c1-4-5-13-10-15(20)19-17(18-13)23-11(2)16(21)12-6-8-14(22-3)9-7-12/h6-11H,4-5H2,1-3H3,(H,18,19,20)/t11-/m0/s1. The Morgan fingerprint density at radius 3 is 2.65 bits per heavy atom. The zero-order valence-corrected chi connectivity index (χ0v) is 14.3. The highest BCUT2D eigenvalue weighted by atomic mass is 32.2. The number of hydrogen-bond donors (Lipinski definition) is 1. The van der Waals surface area contributed by atoms with Crippen LogP contribution < -0.4 is 10.3 Å². The number of hydrogen-bond acceptors (Lipinski definition) is 5. The predicted octanol–water partition coefficient (Wildman–Crippen LogP) is 3.09. The Morgan fingerprint density at radius 1 is 1.35 bits per heavy atom. The molecule has 0 bridgehead atoms. The van der Waals surface area contributed by atoms with Crippen molar-refractivity contribution in [2.24, 2.45) is 0 Å². The number of nitrogens with one attached hydrogen (secondary N) is 1. The van der Waals surface area contributed by atoms with Crippen molar-refractivity contribution >= 4 is 17.5 Å². The molecule has 1 aromatic heterocycles. The number of nitrogens with zero attached hydrogens (tertiary/aromatic N) is 1.